The molecule has 4 heterocycles. The highest BCUT2D eigenvalue weighted by molar-refractivity contribution is 7.25. The van der Waals surface area contributed by atoms with Crippen molar-refractivity contribution in [1.29, 1.82) is 0 Å². The Morgan fingerprint density at radius 3 is 2.52 bits per heavy atom. The number of hydrogen-bond acceptors (Lipinski definition) is 6. The van der Waals surface area contributed by atoms with E-state index >= 15 is 0 Å². The van der Waals surface area contributed by atoms with Crippen LogP contribution in [0.4, 0.5) is 5.69 Å². The Hall–Kier alpha value is -2.48. The van der Waals surface area contributed by atoms with E-state index in [1.807, 2.05) is 21.7 Å². The monoisotopic (exact) mass is 467 g/mol. The van der Waals surface area contributed by atoms with Gasteiger partial charge in [0, 0.05) is 44.3 Å². The molecule has 0 spiro atoms. The number of carbonyl (C=O) groups excluding carboxylic acids is 1. The van der Waals surface area contributed by atoms with Gasteiger partial charge in [-0.05, 0) is 31.7 Å². The Morgan fingerprint density at radius 2 is 1.82 bits per heavy atom. The third-order valence-electron chi connectivity index (χ3n) is 7.52. The van der Waals surface area contributed by atoms with Gasteiger partial charge in [0.05, 0.1) is 22.9 Å². The summed E-state index contributed by atoms with van der Waals surface area (Å²) < 4.78 is 2.57. The quantitative estimate of drug-likeness (QED) is 0.549. The second-order valence-electron chi connectivity index (χ2n) is 9.36. The summed E-state index contributed by atoms with van der Waals surface area (Å²) in [6, 6.07) is 2.29. The van der Waals surface area contributed by atoms with Gasteiger partial charge >= 0.3 is 0 Å². The summed E-state index contributed by atoms with van der Waals surface area (Å²) in [6.45, 7) is 7.19. The van der Waals surface area contributed by atoms with E-state index < -0.39 is 0 Å². The van der Waals surface area contributed by atoms with Crippen molar-refractivity contribution < 1.29 is 4.79 Å². The van der Waals surface area contributed by atoms with Gasteiger partial charge in [-0.1, -0.05) is 33.1 Å². The summed E-state index contributed by atoms with van der Waals surface area (Å²) in [4.78, 5) is 40.7. The van der Waals surface area contributed by atoms with Crippen molar-refractivity contribution in [3.63, 3.8) is 0 Å². The first kappa shape index (κ1) is 22.3. The van der Waals surface area contributed by atoms with Crippen LogP contribution < -0.4 is 10.5 Å². The van der Waals surface area contributed by atoms with Crippen LogP contribution in [-0.2, 0) is 4.79 Å². The van der Waals surface area contributed by atoms with Gasteiger partial charge in [0.2, 0.25) is 5.91 Å². The average Bonchev–Trinajstić information content (AvgIpc) is 3.25. The van der Waals surface area contributed by atoms with Gasteiger partial charge in [-0.25, -0.2) is 9.97 Å². The maximum Gasteiger partial charge on any atom is 0.271 e. The summed E-state index contributed by atoms with van der Waals surface area (Å²) in [5, 5.41) is 0.977. The molecule has 33 heavy (non-hydrogen) atoms. The summed E-state index contributed by atoms with van der Waals surface area (Å²) in [5.41, 5.74) is 1.91. The summed E-state index contributed by atoms with van der Waals surface area (Å²) in [6.07, 6.45) is 11.1. The predicted molar refractivity (Wildman–Crippen MR) is 134 cm³/mol. The van der Waals surface area contributed by atoms with E-state index in [0.29, 0.717) is 4.70 Å². The van der Waals surface area contributed by atoms with E-state index in [0.717, 1.165) is 73.3 Å². The first-order valence-corrected chi connectivity index (χ1v) is 13.3. The highest BCUT2D eigenvalue weighted by Crippen LogP contribution is 2.37. The smallest absolute Gasteiger partial charge is 0.271 e. The average molecular weight is 468 g/mol. The fourth-order valence-corrected chi connectivity index (χ4v) is 6.55. The van der Waals surface area contributed by atoms with Crippen molar-refractivity contribution in [2.75, 3.05) is 31.1 Å². The molecular weight excluding hydrogens is 434 g/mol. The van der Waals surface area contributed by atoms with Crippen molar-refractivity contribution in [2.24, 2.45) is 5.92 Å². The number of thiophene rings is 1. The highest BCUT2D eigenvalue weighted by atomic mass is 32.1. The van der Waals surface area contributed by atoms with Gasteiger partial charge in [0.25, 0.3) is 5.56 Å². The molecule has 0 N–H and O–H groups in total. The van der Waals surface area contributed by atoms with Crippen LogP contribution in [0.15, 0.2) is 23.4 Å². The standard InChI is InChI=1S/C25H33N5O2S/c1-3-17(4-2)24(31)29-14-12-28(13-15-29)19-10-11-26-23-20(19)21-22(33-23)25(32)30(16-27-21)18-8-6-5-7-9-18/h10-11,16-18H,3-9,12-15H2,1-2H3. The third kappa shape index (κ3) is 4.03. The van der Waals surface area contributed by atoms with Crippen LogP contribution in [0.25, 0.3) is 20.4 Å². The largest absolute Gasteiger partial charge is 0.367 e. The molecule has 3 aromatic heterocycles. The van der Waals surface area contributed by atoms with Gasteiger partial charge in [-0.15, -0.1) is 11.3 Å². The molecule has 5 rings (SSSR count). The maximum absolute atomic E-state index is 13.4. The Labute approximate surface area is 198 Å². The number of carbonyl (C=O) groups is 1. The lowest BCUT2D eigenvalue weighted by atomic mass is 9.95. The molecule has 0 radical (unpaired) electrons. The van der Waals surface area contributed by atoms with E-state index in [2.05, 4.69) is 23.7 Å². The molecule has 3 aromatic rings. The van der Waals surface area contributed by atoms with E-state index in [1.165, 1.54) is 30.6 Å². The van der Waals surface area contributed by atoms with E-state index in [1.54, 1.807) is 6.33 Å². The molecule has 1 aliphatic carbocycles. The van der Waals surface area contributed by atoms with Crippen molar-refractivity contribution in [1.82, 2.24) is 19.4 Å². The van der Waals surface area contributed by atoms with Crippen LogP contribution in [0, 0.1) is 5.92 Å². The Bertz CT molecular complexity index is 1200. The van der Waals surface area contributed by atoms with Gasteiger partial charge in [0.15, 0.2) is 0 Å². The molecule has 7 nitrogen and oxygen atoms in total. The predicted octanol–water partition coefficient (Wildman–Crippen LogP) is 4.60. The number of amides is 1. The lowest BCUT2D eigenvalue weighted by molar-refractivity contribution is -0.136. The fraction of sp³-hybridized carbons (Fsp3) is 0.600. The second-order valence-corrected chi connectivity index (χ2v) is 10.4. The topological polar surface area (TPSA) is 71.3 Å². The molecule has 1 saturated heterocycles. The zero-order valence-electron chi connectivity index (χ0n) is 19.6. The van der Waals surface area contributed by atoms with E-state index in [9.17, 15) is 9.59 Å². The second kappa shape index (κ2) is 9.41. The van der Waals surface area contributed by atoms with Crippen molar-refractivity contribution >= 4 is 43.4 Å². The SMILES string of the molecule is CCC(CC)C(=O)N1CCN(c2ccnc3sc4c(=O)n(C5CCCCC5)cnc4c23)CC1. The number of anilines is 1. The van der Waals surface area contributed by atoms with Crippen LogP contribution in [0.1, 0.15) is 64.8 Å². The molecule has 1 amide bonds. The van der Waals surface area contributed by atoms with Crippen LogP contribution in [0.5, 0.6) is 0 Å². The zero-order chi connectivity index (χ0) is 22.9. The first-order chi connectivity index (χ1) is 16.1. The maximum atomic E-state index is 13.4. The molecule has 2 aliphatic rings. The lowest BCUT2D eigenvalue weighted by Gasteiger charge is -2.37. The van der Waals surface area contributed by atoms with Crippen LogP contribution >= 0.6 is 11.3 Å². The van der Waals surface area contributed by atoms with Gasteiger partial charge in [-0.3, -0.25) is 14.2 Å². The van der Waals surface area contributed by atoms with Crippen molar-refractivity contribution in [3.05, 3.63) is 28.9 Å². The van der Waals surface area contributed by atoms with E-state index in [-0.39, 0.29) is 23.4 Å². The number of fused-ring (bicyclic) bond motifs is 3. The van der Waals surface area contributed by atoms with Crippen molar-refractivity contribution in [2.45, 2.75) is 64.8 Å². The van der Waals surface area contributed by atoms with Crippen molar-refractivity contribution in [3.8, 4) is 0 Å². The Morgan fingerprint density at radius 1 is 1.09 bits per heavy atom. The molecule has 176 valence electrons. The van der Waals surface area contributed by atoms with Gasteiger partial charge < -0.3 is 9.80 Å². The number of piperazine rings is 1. The molecule has 0 bridgehead atoms. The summed E-state index contributed by atoms with van der Waals surface area (Å²) >= 11 is 1.46. The molecule has 0 atom stereocenters. The molecule has 1 saturated carbocycles. The van der Waals surface area contributed by atoms with Crippen LogP contribution in [0.2, 0.25) is 0 Å². The first-order valence-electron chi connectivity index (χ1n) is 12.4. The number of hydrogen-bond donors (Lipinski definition) is 0. The number of pyridine rings is 1. The zero-order valence-corrected chi connectivity index (χ0v) is 20.4. The Balaban J connectivity index is 1.45. The minimum Gasteiger partial charge on any atom is -0.367 e. The van der Waals surface area contributed by atoms with Gasteiger partial charge in [0.1, 0.15) is 9.53 Å². The molecule has 0 unspecified atom stereocenters. The summed E-state index contributed by atoms with van der Waals surface area (Å²) in [7, 11) is 0. The molecular formula is C25H33N5O2S. The normalized spacial score (nSPS) is 18.0. The van der Waals surface area contributed by atoms with E-state index in [4.69, 9.17) is 4.98 Å². The molecule has 2 fully saturated rings. The fourth-order valence-electron chi connectivity index (χ4n) is 5.50. The molecule has 1 aliphatic heterocycles. The van der Waals surface area contributed by atoms with Crippen LogP contribution in [0.3, 0.4) is 0 Å². The lowest BCUT2D eigenvalue weighted by Crippen LogP contribution is -2.50. The Kier molecular flexibility index (Phi) is 6.36. The minimum atomic E-state index is 0.0708. The minimum absolute atomic E-state index is 0.0708. The number of nitrogens with zero attached hydrogens (tertiary/aromatic N) is 5. The summed E-state index contributed by atoms with van der Waals surface area (Å²) in [5.74, 6) is 0.408. The van der Waals surface area contributed by atoms with Gasteiger partial charge in [-0.2, -0.15) is 0 Å². The molecule has 8 heteroatoms. The number of aromatic nitrogens is 3. The number of rotatable bonds is 5. The highest BCUT2D eigenvalue weighted by Gasteiger charge is 2.27. The third-order valence-corrected chi connectivity index (χ3v) is 8.59. The van der Waals surface area contributed by atoms with Crippen LogP contribution in [-0.4, -0.2) is 51.5 Å². The molecule has 0 aromatic carbocycles.